The Morgan fingerprint density at radius 2 is 1.00 bits per heavy atom. The predicted molar refractivity (Wildman–Crippen MR) is 265 cm³/mol. The molecule has 358 valence electrons. The summed E-state index contributed by atoms with van der Waals surface area (Å²) in [6, 6.07) is 31.1. The molecule has 0 spiro atoms. The third-order valence-corrected chi connectivity index (χ3v) is 14.1. The van der Waals surface area contributed by atoms with E-state index in [0.29, 0.717) is 73.0 Å². The SMILES string of the molecule is O=C(N[C@@H](C(=O)N1CCC[C@H]1c1ncc(-c2cc3c4c(c2)OCc2cc(-c5cnc([C@@H]6CCCN6C(=O)[C@H](NC(=O)c6cccnc6)c6ccccc6)[nH]5)cc(c2-4)OC3)[nH]1)c1ccccc1)c1cccnc1. The number of amides is 4. The van der Waals surface area contributed by atoms with Crippen molar-refractivity contribution in [2.75, 3.05) is 13.1 Å². The number of ether oxygens (including phenoxy) is 2. The number of hydrogen-bond donors (Lipinski definition) is 4. The first kappa shape index (κ1) is 44.3. The summed E-state index contributed by atoms with van der Waals surface area (Å²) in [6.45, 7) is 1.69. The molecule has 0 bridgehead atoms. The summed E-state index contributed by atoms with van der Waals surface area (Å²) in [5.41, 5.74) is 9.40. The highest BCUT2D eigenvalue weighted by Crippen LogP contribution is 2.51. The van der Waals surface area contributed by atoms with E-state index in [1.54, 1.807) is 49.1 Å². The second-order valence-electron chi connectivity index (χ2n) is 18.5. The van der Waals surface area contributed by atoms with E-state index >= 15 is 0 Å². The number of carbonyl (C=O) groups is 4. The van der Waals surface area contributed by atoms with Gasteiger partial charge in [-0.25, -0.2) is 9.97 Å². The first-order chi connectivity index (χ1) is 35.3. The Balaban J connectivity index is 0.769. The van der Waals surface area contributed by atoms with Crippen LogP contribution >= 0.6 is 0 Å². The van der Waals surface area contributed by atoms with Gasteiger partial charge in [0.2, 0.25) is 11.8 Å². The van der Waals surface area contributed by atoms with Gasteiger partial charge < -0.3 is 39.9 Å². The van der Waals surface area contributed by atoms with Crippen molar-refractivity contribution in [1.29, 1.82) is 0 Å². The molecule has 4 aliphatic heterocycles. The molecule has 4 aliphatic rings. The smallest absolute Gasteiger partial charge is 0.253 e. The number of nitrogens with one attached hydrogen (secondary N) is 4. The van der Waals surface area contributed by atoms with Crippen LogP contribution in [-0.4, -0.2) is 76.4 Å². The highest BCUT2D eigenvalue weighted by Gasteiger charge is 2.39. The van der Waals surface area contributed by atoms with E-state index in [0.717, 1.165) is 69.1 Å². The second kappa shape index (κ2) is 18.8. The van der Waals surface area contributed by atoms with Gasteiger partial charge in [0, 0.05) is 71.3 Å². The molecule has 72 heavy (non-hydrogen) atoms. The van der Waals surface area contributed by atoms with Gasteiger partial charge in [-0.15, -0.1) is 0 Å². The van der Waals surface area contributed by atoms with E-state index in [9.17, 15) is 19.2 Å². The third-order valence-electron chi connectivity index (χ3n) is 14.1. The normalized spacial score (nSPS) is 17.3. The molecule has 8 aromatic rings. The fourth-order valence-corrected chi connectivity index (χ4v) is 10.5. The van der Waals surface area contributed by atoms with Crippen LogP contribution in [0.3, 0.4) is 0 Å². The van der Waals surface area contributed by atoms with Gasteiger partial charge in [0.1, 0.15) is 48.4 Å². The minimum absolute atomic E-state index is 0.209. The number of imidazole rings is 2. The van der Waals surface area contributed by atoms with Gasteiger partial charge in [-0.05, 0) is 85.3 Å². The van der Waals surface area contributed by atoms with Crippen LogP contribution in [0.2, 0.25) is 0 Å². The number of pyridine rings is 2. The summed E-state index contributed by atoms with van der Waals surface area (Å²) in [5, 5.41) is 5.94. The Bertz CT molecular complexity index is 3070. The lowest BCUT2D eigenvalue weighted by Gasteiger charge is -2.30. The van der Waals surface area contributed by atoms with Crippen molar-refractivity contribution in [3.63, 3.8) is 0 Å². The minimum Gasteiger partial charge on any atom is -0.488 e. The Kier molecular flexibility index (Phi) is 11.5. The fraction of sp³-hybridized carbons (Fsp3) is 0.214. The quantitative estimate of drug-likeness (QED) is 0.0922. The fourth-order valence-electron chi connectivity index (χ4n) is 10.5. The first-order valence-electron chi connectivity index (χ1n) is 24.2. The van der Waals surface area contributed by atoms with Crippen molar-refractivity contribution < 1.29 is 28.7 Å². The number of benzene rings is 4. The third kappa shape index (κ3) is 8.29. The maximum Gasteiger partial charge on any atom is 0.253 e. The molecule has 4 aromatic heterocycles. The highest BCUT2D eigenvalue weighted by molar-refractivity contribution is 5.99. The number of likely N-dealkylation sites (tertiary alicyclic amines) is 2. The molecule has 0 saturated carbocycles. The number of nitrogens with zero attached hydrogens (tertiary/aromatic N) is 6. The molecule has 0 radical (unpaired) electrons. The molecule has 0 unspecified atom stereocenters. The average Bonchev–Trinajstić information content (AvgIpc) is 4.30. The van der Waals surface area contributed by atoms with Gasteiger partial charge in [-0.1, -0.05) is 60.7 Å². The molecular weight excluding hydrogens is 909 g/mol. The Morgan fingerprint density at radius 1 is 0.556 bits per heavy atom. The molecule has 8 heterocycles. The van der Waals surface area contributed by atoms with Crippen LogP contribution in [0.5, 0.6) is 11.5 Å². The average molecular weight is 957 g/mol. The lowest BCUT2D eigenvalue weighted by molar-refractivity contribution is -0.135. The standard InChI is InChI=1S/C56H48N10O6/c67-53(35-15-7-19-57-27-35)63-49(33-11-3-1-4-12-33)55(69)65-21-9-17-43(65)51-59-29-41(61-51)37-23-39-31-72-46-26-38(24-40-32-71-45(25-37)47(39)48(40)46)42-30-60-52(62-42)44-18-10-22-66(44)56(70)50(34-13-5-2-6-14-34)64-54(68)36-16-8-20-58-28-36/h1-8,11-16,19-20,23-30,43-44,49-50H,9-10,17-18,21-22,31-32H2,(H,59,61)(H,60,62)(H,63,67)(H,64,68)/t43-,44-,49+,50+/m0/s1. The number of hydrogen-bond acceptors (Lipinski definition) is 10. The predicted octanol–water partition coefficient (Wildman–Crippen LogP) is 8.38. The molecule has 2 fully saturated rings. The Morgan fingerprint density at radius 3 is 1.42 bits per heavy atom. The van der Waals surface area contributed by atoms with Crippen LogP contribution in [0.25, 0.3) is 33.6 Å². The maximum atomic E-state index is 14.4. The van der Waals surface area contributed by atoms with Gasteiger partial charge in [-0.3, -0.25) is 29.1 Å². The van der Waals surface area contributed by atoms with Crippen molar-refractivity contribution in [1.82, 2.24) is 50.3 Å². The van der Waals surface area contributed by atoms with Crippen molar-refractivity contribution >= 4 is 23.6 Å². The Hall–Kier alpha value is -8.92. The molecule has 16 heteroatoms. The van der Waals surface area contributed by atoms with E-state index in [-0.39, 0.29) is 35.7 Å². The van der Waals surface area contributed by atoms with E-state index < -0.39 is 12.1 Å². The van der Waals surface area contributed by atoms with E-state index in [2.05, 4.69) is 42.7 Å². The van der Waals surface area contributed by atoms with Crippen LogP contribution in [0, 0.1) is 0 Å². The molecule has 12 rings (SSSR count). The summed E-state index contributed by atoms with van der Waals surface area (Å²) < 4.78 is 13.0. The summed E-state index contributed by atoms with van der Waals surface area (Å²) in [5.74, 6) is 1.65. The lowest BCUT2D eigenvalue weighted by Crippen LogP contribution is -2.43. The van der Waals surface area contributed by atoms with Crippen LogP contribution in [0.15, 0.2) is 146 Å². The zero-order chi connectivity index (χ0) is 48.7. The second-order valence-corrected chi connectivity index (χ2v) is 18.5. The highest BCUT2D eigenvalue weighted by atomic mass is 16.5. The van der Waals surface area contributed by atoms with Crippen LogP contribution in [0.4, 0.5) is 0 Å². The van der Waals surface area contributed by atoms with Gasteiger partial charge >= 0.3 is 0 Å². The molecular formula is C56H48N10O6. The lowest BCUT2D eigenvalue weighted by atomic mass is 9.87. The molecule has 16 nitrogen and oxygen atoms in total. The summed E-state index contributed by atoms with van der Waals surface area (Å²) in [6.07, 6.45) is 12.8. The van der Waals surface area contributed by atoms with E-state index in [1.807, 2.05) is 82.6 Å². The number of aromatic amines is 2. The van der Waals surface area contributed by atoms with Gasteiger partial charge in [0.25, 0.3) is 11.8 Å². The Labute approximate surface area is 413 Å². The molecule has 4 atom stereocenters. The summed E-state index contributed by atoms with van der Waals surface area (Å²) >= 11 is 0. The summed E-state index contributed by atoms with van der Waals surface area (Å²) in [7, 11) is 0. The van der Waals surface area contributed by atoms with Crippen molar-refractivity contribution in [3.05, 3.63) is 191 Å². The number of H-pyrrole nitrogens is 2. The van der Waals surface area contributed by atoms with Gasteiger partial charge in [0.15, 0.2) is 0 Å². The molecule has 0 aliphatic carbocycles. The van der Waals surface area contributed by atoms with Crippen LogP contribution in [0.1, 0.15) is 104 Å². The van der Waals surface area contributed by atoms with Crippen LogP contribution in [-0.2, 0) is 22.8 Å². The summed E-state index contributed by atoms with van der Waals surface area (Å²) in [4.78, 5) is 84.0. The van der Waals surface area contributed by atoms with Gasteiger partial charge in [0.05, 0.1) is 47.0 Å². The number of aromatic nitrogens is 6. The van der Waals surface area contributed by atoms with E-state index in [1.165, 1.54) is 12.4 Å². The van der Waals surface area contributed by atoms with Crippen molar-refractivity contribution in [2.24, 2.45) is 0 Å². The monoisotopic (exact) mass is 956 g/mol. The zero-order valence-electron chi connectivity index (χ0n) is 39.0. The molecule has 4 aromatic carbocycles. The zero-order valence-corrected chi connectivity index (χ0v) is 39.0. The largest absolute Gasteiger partial charge is 0.488 e. The van der Waals surface area contributed by atoms with Crippen molar-refractivity contribution in [2.45, 2.75) is 63.1 Å². The molecule has 4 N–H and O–H groups in total. The van der Waals surface area contributed by atoms with Gasteiger partial charge in [-0.2, -0.15) is 0 Å². The van der Waals surface area contributed by atoms with Crippen LogP contribution < -0.4 is 20.1 Å². The molecule has 2 saturated heterocycles. The number of carbonyl (C=O) groups excluding carboxylic acids is 4. The topological polar surface area (TPSA) is 200 Å². The minimum atomic E-state index is -0.902. The van der Waals surface area contributed by atoms with E-state index in [4.69, 9.17) is 19.4 Å². The number of rotatable bonds is 12. The maximum absolute atomic E-state index is 14.4. The molecule has 4 amide bonds. The van der Waals surface area contributed by atoms with Crippen molar-refractivity contribution in [3.8, 4) is 45.1 Å². The first-order valence-corrected chi connectivity index (χ1v) is 24.2.